The Bertz CT molecular complexity index is 360. The van der Waals surface area contributed by atoms with Crippen molar-refractivity contribution in [2.75, 3.05) is 7.11 Å². The monoisotopic (exact) mass is 233 g/mol. The van der Waals surface area contributed by atoms with Crippen LogP contribution >= 0.6 is 0 Å². The van der Waals surface area contributed by atoms with E-state index in [1.165, 1.54) is 11.1 Å². The second-order valence-corrected chi connectivity index (χ2v) is 5.57. The summed E-state index contributed by atoms with van der Waals surface area (Å²) >= 11 is 0. The van der Waals surface area contributed by atoms with Gasteiger partial charge in [0.15, 0.2) is 0 Å². The Hall–Kier alpha value is -1.31. The van der Waals surface area contributed by atoms with Gasteiger partial charge in [0.05, 0.1) is 0 Å². The molecule has 0 bridgehead atoms. The molecule has 1 rings (SSSR count). The van der Waals surface area contributed by atoms with Crippen molar-refractivity contribution in [1.82, 2.24) is 0 Å². The van der Waals surface area contributed by atoms with E-state index in [4.69, 9.17) is 0 Å². The topological polar surface area (TPSA) is 21.6 Å². The van der Waals surface area contributed by atoms with Crippen molar-refractivity contribution in [1.29, 1.82) is 0 Å². The van der Waals surface area contributed by atoms with E-state index >= 15 is 0 Å². The molecule has 1 atom stereocenters. The molecule has 0 spiro atoms. The molecule has 17 heavy (non-hydrogen) atoms. The third-order valence-electron chi connectivity index (χ3n) is 2.80. The van der Waals surface area contributed by atoms with Gasteiger partial charge in [-0.05, 0) is 28.9 Å². The Labute approximate surface area is 105 Å². The molecule has 0 fully saturated rings. The molecule has 0 heterocycles. The first-order valence-corrected chi connectivity index (χ1v) is 6.09. The molecule has 2 nitrogen and oxygen atoms in total. The quantitative estimate of drug-likeness (QED) is 0.572. The van der Waals surface area contributed by atoms with Gasteiger partial charge in [-0.25, -0.2) is 0 Å². The zero-order valence-corrected chi connectivity index (χ0v) is 11.5. The van der Waals surface area contributed by atoms with Crippen LogP contribution in [0.15, 0.2) is 29.4 Å². The van der Waals surface area contributed by atoms with Gasteiger partial charge in [0.1, 0.15) is 7.11 Å². The summed E-state index contributed by atoms with van der Waals surface area (Å²) in [5.41, 5.74) is 2.94. The van der Waals surface area contributed by atoms with Crippen LogP contribution in [0.1, 0.15) is 38.8 Å². The molecule has 0 aliphatic rings. The summed E-state index contributed by atoms with van der Waals surface area (Å²) in [5.74, 6) is 0.399. The molecule has 0 saturated heterocycles. The maximum absolute atomic E-state index is 4.68. The van der Waals surface area contributed by atoms with Gasteiger partial charge < -0.3 is 4.84 Å². The zero-order valence-electron chi connectivity index (χ0n) is 11.5. The van der Waals surface area contributed by atoms with E-state index < -0.39 is 0 Å². The van der Waals surface area contributed by atoms with E-state index in [2.05, 4.69) is 62.0 Å². The average molecular weight is 233 g/mol. The van der Waals surface area contributed by atoms with Gasteiger partial charge in [-0.2, -0.15) is 0 Å². The molecule has 0 saturated carbocycles. The number of rotatable bonds is 4. The van der Waals surface area contributed by atoms with Crippen LogP contribution in [0, 0.1) is 5.92 Å². The van der Waals surface area contributed by atoms with Crippen molar-refractivity contribution in [3.63, 3.8) is 0 Å². The lowest BCUT2D eigenvalue weighted by atomic mass is 9.86. The number of nitrogens with zero attached hydrogens (tertiary/aromatic N) is 1. The first-order valence-electron chi connectivity index (χ1n) is 6.09. The van der Waals surface area contributed by atoms with E-state index in [1.807, 2.05) is 6.21 Å². The summed E-state index contributed by atoms with van der Waals surface area (Å²) in [5, 5.41) is 3.80. The van der Waals surface area contributed by atoms with Gasteiger partial charge in [-0.15, -0.1) is 0 Å². The molecule has 1 unspecified atom stereocenters. The Kier molecular flexibility index (Phi) is 4.73. The minimum Gasteiger partial charge on any atom is -0.399 e. The standard InChI is InChI=1S/C15H23NO/c1-12(11-16-17-5)10-13-6-8-14(9-7-13)15(2,3)4/h6-9,11-12H,10H2,1-5H3/b16-11+. The molecule has 0 aliphatic carbocycles. The minimum atomic E-state index is 0.224. The highest BCUT2D eigenvalue weighted by Crippen LogP contribution is 2.22. The second kappa shape index (κ2) is 5.85. The zero-order chi connectivity index (χ0) is 12.9. The Morgan fingerprint density at radius 2 is 1.82 bits per heavy atom. The summed E-state index contributed by atoms with van der Waals surface area (Å²) in [6, 6.07) is 8.85. The molecular formula is C15H23NO. The Morgan fingerprint density at radius 1 is 1.24 bits per heavy atom. The van der Waals surface area contributed by atoms with Crippen molar-refractivity contribution in [3.05, 3.63) is 35.4 Å². The number of hydrogen-bond donors (Lipinski definition) is 0. The van der Waals surface area contributed by atoms with Crippen molar-refractivity contribution in [3.8, 4) is 0 Å². The first-order chi connectivity index (χ1) is 7.93. The van der Waals surface area contributed by atoms with Crippen LogP contribution in [0.3, 0.4) is 0 Å². The van der Waals surface area contributed by atoms with Gasteiger partial charge in [0.2, 0.25) is 0 Å². The summed E-state index contributed by atoms with van der Waals surface area (Å²) in [6.45, 7) is 8.84. The van der Waals surface area contributed by atoms with Crippen molar-refractivity contribution >= 4 is 6.21 Å². The average Bonchev–Trinajstić information content (AvgIpc) is 2.26. The molecule has 0 N–H and O–H groups in total. The molecule has 1 aromatic carbocycles. The van der Waals surface area contributed by atoms with E-state index in [9.17, 15) is 0 Å². The molecule has 0 aliphatic heterocycles. The third-order valence-corrected chi connectivity index (χ3v) is 2.80. The maximum atomic E-state index is 4.68. The normalized spacial score (nSPS) is 13.9. The third kappa shape index (κ3) is 4.59. The van der Waals surface area contributed by atoms with Crippen LogP contribution in [0.2, 0.25) is 0 Å². The summed E-state index contributed by atoms with van der Waals surface area (Å²) in [7, 11) is 1.57. The molecule has 1 aromatic rings. The maximum Gasteiger partial charge on any atom is 0.106 e. The lowest BCUT2D eigenvalue weighted by Crippen LogP contribution is -2.11. The van der Waals surface area contributed by atoms with E-state index in [0.29, 0.717) is 5.92 Å². The first kappa shape index (κ1) is 13.8. The van der Waals surface area contributed by atoms with Crippen molar-refractivity contribution in [2.24, 2.45) is 11.1 Å². The molecular weight excluding hydrogens is 210 g/mol. The molecule has 0 aromatic heterocycles. The van der Waals surface area contributed by atoms with Crippen LogP contribution in [-0.2, 0) is 16.7 Å². The summed E-state index contributed by atoms with van der Waals surface area (Å²) in [6.07, 6.45) is 2.84. The minimum absolute atomic E-state index is 0.224. The molecule has 0 radical (unpaired) electrons. The predicted molar refractivity (Wildman–Crippen MR) is 73.5 cm³/mol. The van der Waals surface area contributed by atoms with Gasteiger partial charge in [-0.3, -0.25) is 0 Å². The Balaban J connectivity index is 2.66. The molecule has 0 amide bonds. The summed E-state index contributed by atoms with van der Waals surface area (Å²) < 4.78 is 0. The fourth-order valence-corrected chi connectivity index (χ4v) is 1.73. The lowest BCUT2D eigenvalue weighted by molar-refractivity contribution is 0.213. The van der Waals surface area contributed by atoms with Crippen molar-refractivity contribution < 1.29 is 4.84 Å². The van der Waals surface area contributed by atoms with E-state index in [0.717, 1.165) is 6.42 Å². The van der Waals surface area contributed by atoms with Crippen LogP contribution in [-0.4, -0.2) is 13.3 Å². The van der Waals surface area contributed by atoms with Gasteiger partial charge in [0, 0.05) is 6.21 Å². The largest absolute Gasteiger partial charge is 0.399 e. The second-order valence-electron chi connectivity index (χ2n) is 5.57. The fourth-order valence-electron chi connectivity index (χ4n) is 1.73. The smallest absolute Gasteiger partial charge is 0.106 e. The van der Waals surface area contributed by atoms with Crippen LogP contribution in [0.5, 0.6) is 0 Å². The molecule has 94 valence electrons. The predicted octanol–water partition coefficient (Wildman–Crippen LogP) is 3.79. The SMILES string of the molecule is CO/N=C/C(C)Cc1ccc(C(C)(C)C)cc1. The van der Waals surface area contributed by atoms with Gasteiger partial charge in [0.25, 0.3) is 0 Å². The highest BCUT2D eigenvalue weighted by molar-refractivity contribution is 5.60. The number of benzene rings is 1. The highest BCUT2D eigenvalue weighted by Gasteiger charge is 2.12. The molecule has 2 heteroatoms. The van der Waals surface area contributed by atoms with Crippen LogP contribution in [0.4, 0.5) is 0 Å². The number of hydrogen-bond acceptors (Lipinski definition) is 2. The van der Waals surface area contributed by atoms with E-state index in [1.54, 1.807) is 7.11 Å². The van der Waals surface area contributed by atoms with Crippen LogP contribution in [0.25, 0.3) is 0 Å². The van der Waals surface area contributed by atoms with Crippen LogP contribution < -0.4 is 0 Å². The van der Waals surface area contributed by atoms with Gasteiger partial charge in [-0.1, -0.05) is 57.1 Å². The fraction of sp³-hybridized carbons (Fsp3) is 0.533. The van der Waals surface area contributed by atoms with Crippen molar-refractivity contribution in [2.45, 2.75) is 39.5 Å². The van der Waals surface area contributed by atoms with E-state index in [-0.39, 0.29) is 5.41 Å². The number of oxime groups is 1. The highest BCUT2D eigenvalue weighted by atomic mass is 16.6. The summed E-state index contributed by atoms with van der Waals surface area (Å²) in [4.78, 5) is 4.68. The van der Waals surface area contributed by atoms with Gasteiger partial charge >= 0.3 is 0 Å². The Morgan fingerprint density at radius 3 is 2.29 bits per heavy atom. The lowest BCUT2D eigenvalue weighted by Gasteiger charge is -2.19.